The Labute approximate surface area is 118 Å². The Hall–Kier alpha value is -2.57. The van der Waals surface area contributed by atoms with Crippen LogP contribution in [0.5, 0.6) is 0 Å². The molecule has 0 spiro atoms. The molecule has 1 aromatic carbocycles. The van der Waals surface area contributed by atoms with Crippen LogP contribution in [-0.2, 0) is 12.7 Å². The first kappa shape index (κ1) is 14.8. The van der Waals surface area contributed by atoms with Crippen molar-refractivity contribution in [3.05, 3.63) is 59.4 Å². The average molecular weight is 296 g/mol. The maximum atomic E-state index is 12.6. The van der Waals surface area contributed by atoms with E-state index < -0.39 is 23.3 Å². The molecule has 2 rings (SSSR count). The van der Waals surface area contributed by atoms with Crippen molar-refractivity contribution >= 4 is 11.7 Å². The van der Waals surface area contributed by atoms with E-state index in [1.807, 2.05) is 0 Å². The number of halogens is 3. The lowest BCUT2D eigenvalue weighted by atomic mass is 10.1. The summed E-state index contributed by atoms with van der Waals surface area (Å²) < 4.78 is 37.8. The third kappa shape index (κ3) is 3.71. The predicted molar refractivity (Wildman–Crippen MR) is 70.0 cm³/mol. The van der Waals surface area contributed by atoms with E-state index in [9.17, 15) is 18.0 Å². The highest BCUT2D eigenvalue weighted by atomic mass is 19.4. The minimum absolute atomic E-state index is 0.124. The Morgan fingerprint density at radius 2 is 2.05 bits per heavy atom. The number of hydrogen-bond donors (Lipinski definition) is 2. The number of hydrogen-bond acceptors (Lipinski definition) is 3. The number of nitrogens with zero attached hydrogens (tertiary/aromatic N) is 1. The van der Waals surface area contributed by atoms with Crippen molar-refractivity contribution < 1.29 is 23.1 Å². The second kappa shape index (κ2) is 5.82. The summed E-state index contributed by atoms with van der Waals surface area (Å²) in [6.45, 7) is 0.263. The summed E-state index contributed by atoms with van der Waals surface area (Å²) in [6, 6.07) is 6.06. The van der Waals surface area contributed by atoms with Crippen molar-refractivity contribution in [3.8, 4) is 0 Å². The summed E-state index contributed by atoms with van der Waals surface area (Å²) in [5.41, 5.74) is -0.506. The van der Waals surface area contributed by atoms with Gasteiger partial charge in [-0.05, 0) is 29.8 Å². The number of nitrogens with one attached hydrogen (secondary N) is 1. The lowest BCUT2D eigenvalue weighted by Gasteiger charge is -2.13. The Morgan fingerprint density at radius 3 is 2.62 bits per heavy atom. The Kier molecular flexibility index (Phi) is 4.11. The fourth-order valence-corrected chi connectivity index (χ4v) is 1.75. The molecule has 0 aliphatic rings. The normalized spacial score (nSPS) is 11.2. The number of alkyl halides is 3. The van der Waals surface area contributed by atoms with Crippen molar-refractivity contribution in [1.29, 1.82) is 0 Å². The van der Waals surface area contributed by atoms with Crippen LogP contribution < -0.4 is 5.32 Å². The topological polar surface area (TPSA) is 62.2 Å². The SMILES string of the molecule is O=C(O)c1cc(C(F)(F)F)ccc1NCc1cccnc1. The molecule has 0 saturated carbocycles. The summed E-state index contributed by atoms with van der Waals surface area (Å²) in [7, 11) is 0. The zero-order valence-corrected chi connectivity index (χ0v) is 10.7. The second-order valence-electron chi connectivity index (χ2n) is 4.28. The third-order valence-electron chi connectivity index (χ3n) is 2.78. The number of pyridine rings is 1. The van der Waals surface area contributed by atoms with E-state index >= 15 is 0 Å². The van der Waals surface area contributed by atoms with E-state index in [1.165, 1.54) is 0 Å². The van der Waals surface area contributed by atoms with E-state index in [0.29, 0.717) is 6.07 Å². The van der Waals surface area contributed by atoms with E-state index in [0.717, 1.165) is 17.7 Å². The van der Waals surface area contributed by atoms with Gasteiger partial charge in [0.05, 0.1) is 11.1 Å². The van der Waals surface area contributed by atoms with Gasteiger partial charge in [-0.3, -0.25) is 4.98 Å². The first-order valence-electron chi connectivity index (χ1n) is 5.95. The molecule has 0 bridgehead atoms. The largest absolute Gasteiger partial charge is 0.478 e. The number of aromatic nitrogens is 1. The number of carbonyl (C=O) groups is 1. The fourth-order valence-electron chi connectivity index (χ4n) is 1.75. The van der Waals surface area contributed by atoms with Crippen LogP contribution in [0, 0.1) is 0 Å². The van der Waals surface area contributed by atoms with Gasteiger partial charge in [0, 0.05) is 24.6 Å². The molecule has 7 heteroatoms. The van der Waals surface area contributed by atoms with Gasteiger partial charge in [-0.25, -0.2) is 4.79 Å². The van der Waals surface area contributed by atoms with Gasteiger partial charge in [0.2, 0.25) is 0 Å². The quantitative estimate of drug-likeness (QED) is 0.907. The van der Waals surface area contributed by atoms with Crippen LogP contribution in [0.25, 0.3) is 0 Å². The first-order chi connectivity index (χ1) is 9.88. The number of anilines is 1. The smallest absolute Gasteiger partial charge is 0.416 e. The van der Waals surface area contributed by atoms with E-state index in [1.54, 1.807) is 24.5 Å². The standard InChI is InChI=1S/C14H11F3N2O2/c15-14(16,17)10-3-4-12(11(6-10)13(20)21)19-8-9-2-1-5-18-7-9/h1-7,19H,8H2,(H,20,21). The van der Waals surface area contributed by atoms with Gasteiger partial charge in [0.25, 0.3) is 0 Å². The van der Waals surface area contributed by atoms with Gasteiger partial charge < -0.3 is 10.4 Å². The van der Waals surface area contributed by atoms with Crippen molar-refractivity contribution in [2.75, 3.05) is 5.32 Å². The van der Waals surface area contributed by atoms with Gasteiger partial charge in [-0.1, -0.05) is 6.07 Å². The molecule has 0 fully saturated rings. The van der Waals surface area contributed by atoms with Crippen LogP contribution in [0.15, 0.2) is 42.7 Å². The first-order valence-corrected chi connectivity index (χ1v) is 5.95. The molecule has 0 aliphatic heterocycles. The van der Waals surface area contributed by atoms with Crippen molar-refractivity contribution in [1.82, 2.24) is 4.98 Å². The molecule has 2 N–H and O–H groups in total. The van der Waals surface area contributed by atoms with Crippen LogP contribution >= 0.6 is 0 Å². The Morgan fingerprint density at radius 1 is 1.29 bits per heavy atom. The van der Waals surface area contributed by atoms with Crippen molar-refractivity contribution in [3.63, 3.8) is 0 Å². The Bertz CT molecular complexity index is 642. The van der Waals surface area contributed by atoms with Crippen molar-refractivity contribution in [2.45, 2.75) is 12.7 Å². The molecule has 0 saturated heterocycles. The van der Waals surface area contributed by atoms with E-state index in [4.69, 9.17) is 5.11 Å². The molecule has 1 aromatic heterocycles. The molecule has 0 amide bonds. The maximum Gasteiger partial charge on any atom is 0.416 e. The lowest BCUT2D eigenvalue weighted by molar-refractivity contribution is -0.137. The number of carboxylic acid groups (broad SMARTS) is 1. The van der Waals surface area contributed by atoms with Gasteiger partial charge in [0.1, 0.15) is 0 Å². The number of rotatable bonds is 4. The molecule has 4 nitrogen and oxygen atoms in total. The molecule has 0 radical (unpaired) electrons. The molecule has 110 valence electrons. The monoisotopic (exact) mass is 296 g/mol. The molecule has 0 aliphatic carbocycles. The van der Waals surface area contributed by atoms with Gasteiger partial charge in [-0.2, -0.15) is 13.2 Å². The third-order valence-corrected chi connectivity index (χ3v) is 2.78. The highest BCUT2D eigenvalue weighted by Gasteiger charge is 2.31. The van der Waals surface area contributed by atoms with Crippen LogP contribution in [0.1, 0.15) is 21.5 Å². The van der Waals surface area contributed by atoms with Gasteiger partial charge in [0.15, 0.2) is 0 Å². The molecular formula is C14H11F3N2O2. The zero-order valence-electron chi connectivity index (χ0n) is 10.7. The lowest BCUT2D eigenvalue weighted by Crippen LogP contribution is -2.11. The van der Waals surface area contributed by atoms with Gasteiger partial charge in [-0.15, -0.1) is 0 Å². The summed E-state index contributed by atoms with van der Waals surface area (Å²) >= 11 is 0. The predicted octanol–water partition coefficient (Wildman–Crippen LogP) is 3.41. The van der Waals surface area contributed by atoms with Crippen LogP contribution in [0.2, 0.25) is 0 Å². The molecule has 2 aromatic rings. The molecule has 0 atom stereocenters. The van der Waals surface area contributed by atoms with Crippen LogP contribution in [0.4, 0.5) is 18.9 Å². The van der Waals surface area contributed by atoms with Gasteiger partial charge >= 0.3 is 12.1 Å². The minimum Gasteiger partial charge on any atom is -0.478 e. The summed E-state index contributed by atoms with van der Waals surface area (Å²) in [4.78, 5) is 15.0. The highest BCUT2D eigenvalue weighted by molar-refractivity contribution is 5.94. The number of carboxylic acids is 1. The van der Waals surface area contributed by atoms with Crippen LogP contribution in [-0.4, -0.2) is 16.1 Å². The minimum atomic E-state index is -4.58. The van der Waals surface area contributed by atoms with Crippen LogP contribution in [0.3, 0.4) is 0 Å². The maximum absolute atomic E-state index is 12.6. The highest BCUT2D eigenvalue weighted by Crippen LogP contribution is 2.32. The molecule has 0 unspecified atom stereocenters. The summed E-state index contributed by atoms with van der Waals surface area (Å²) in [6.07, 6.45) is -1.41. The molecular weight excluding hydrogens is 285 g/mol. The molecule has 1 heterocycles. The average Bonchev–Trinajstić information content (AvgIpc) is 2.45. The van der Waals surface area contributed by atoms with E-state index in [-0.39, 0.29) is 12.2 Å². The van der Waals surface area contributed by atoms with E-state index in [2.05, 4.69) is 10.3 Å². The zero-order chi connectivity index (χ0) is 15.5. The molecule has 21 heavy (non-hydrogen) atoms. The number of aromatic carboxylic acids is 1. The van der Waals surface area contributed by atoms with Crippen molar-refractivity contribution in [2.24, 2.45) is 0 Å². The summed E-state index contributed by atoms with van der Waals surface area (Å²) in [5.74, 6) is -1.42. The Balaban J connectivity index is 2.25. The fraction of sp³-hybridized carbons (Fsp3) is 0.143. The number of benzene rings is 1. The second-order valence-corrected chi connectivity index (χ2v) is 4.28. The summed E-state index contributed by atoms with van der Waals surface area (Å²) in [5, 5.41) is 11.8.